The van der Waals surface area contributed by atoms with Crippen LogP contribution in [0.25, 0.3) is 0 Å². The number of benzene rings is 1. The van der Waals surface area contributed by atoms with E-state index in [9.17, 15) is 19.3 Å². The summed E-state index contributed by atoms with van der Waals surface area (Å²) in [5.41, 5.74) is -1.06. The second kappa shape index (κ2) is 6.80. The first-order valence-corrected chi connectivity index (χ1v) is 5.95. The lowest BCUT2D eigenvalue weighted by molar-refractivity contribution is -0.384. The lowest BCUT2D eigenvalue weighted by atomic mass is 10.1. The molecule has 0 atom stereocenters. The SMILES string of the molecule is CNCCCN(C)c1cc(F)c(C(=O)O)cc1[N+](=O)[O-]. The van der Waals surface area contributed by atoms with E-state index in [0.717, 1.165) is 12.1 Å². The summed E-state index contributed by atoms with van der Waals surface area (Å²) < 4.78 is 13.7. The Balaban J connectivity index is 3.14. The lowest BCUT2D eigenvalue weighted by Crippen LogP contribution is -2.23. The number of nitrogens with zero attached hydrogens (tertiary/aromatic N) is 2. The molecule has 0 fully saturated rings. The molecule has 1 aromatic rings. The number of aromatic carboxylic acids is 1. The summed E-state index contributed by atoms with van der Waals surface area (Å²) in [4.78, 5) is 22.6. The van der Waals surface area contributed by atoms with E-state index < -0.39 is 28.0 Å². The van der Waals surface area contributed by atoms with Gasteiger partial charge in [-0.3, -0.25) is 10.1 Å². The van der Waals surface area contributed by atoms with Crippen molar-refractivity contribution in [3.8, 4) is 0 Å². The number of carboxylic acid groups (broad SMARTS) is 1. The van der Waals surface area contributed by atoms with Gasteiger partial charge < -0.3 is 15.3 Å². The van der Waals surface area contributed by atoms with Crippen molar-refractivity contribution in [3.63, 3.8) is 0 Å². The summed E-state index contributed by atoms with van der Waals surface area (Å²) in [5.74, 6) is -2.52. The van der Waals surface area contributed by atoms with Crippen molar-refractivity contribution >= 4 is 17.3 Å². The zero-order valence-corrected chi connectivity index (χ0v) is 11.2. The first kappa shape index (κ1) is 15.8. The van der Waals surface area contributed by atoms with Gasteiger partial charge in [0, 0.05) is 25.7 Å². The summed E-state index contributed by atoms with van der Waals surface area (Å²) in [6.45, 7) is 1.20. The molecule has 0 saturated carbocycles. The molecule has 0 aliphatic rings. The minimum Gasteiger partial charge on any atom is -0.478 e. The maximum absolute atomic E-state index is 13.7. The van der Waals surface area contributed by atoms with Crippen molar-refractivity contribution in [2.45, 2.75) is 6.42 Å². The van der Waals surface area contributed by atoms with Gasteiger partial charge in [0.25, 0.3) is 5.69 Å². The van der Waals surface area contributed by atoms with Crippen LogP contribution in [0.4, 0.5) is 15.8 Å². The third-order valence-corrected chi connectivity index (χ3v) is 2.82. The van der Waals surface area contributed by atoms with Gasteiger partial charge in [-0.25, -0.2) is 9.18 Å². The van der Waals surface area contributed by atoms with Gasteiger partial charge in [-0.1, -0.05) is 0 Å². The van der Waals surface area contributed by atoms with Gasteiger partial charge in [0.05, 0.1) is 4.92 Å². The van der Waals surface area contributed by atoms with Crippen molar-refractivity contribution in [1.29, 1.82) is 0 Å². The van der Waals surface area contributed by atoms with Crippen LogP contribution in [0.1, 0.15) is 16.8 Å². The van der Waals surface area contributed by atoms with Gasteiger partial charge in [0.15, 0.2) is 0 Å². The summed E-state index contributed by atoms with van der Waals surface area (Å²) in [6, 6.07) is 1.64. The van der Waals surface area contributed by atoms with Crippen molar-refractivity contribution in [2.24, 2.45) is 0 Å². The molecule has 1 rings (SSSR count). The molecular formula is C12H16FN3O4. The molecule has 0 spiro atoms. The second-order valence-electron chi connectivity index (χ2n) is 4.26. The smallest absolute Gasteiger partial charge is 0.338 e. The van der Waals surface area contributed by atoms with E-state index in [0.29, 0.717) is 19.5 Å². The van der Waals surface area contributed by atoms with Crippen molar-refractivity contribution < 1.29 is 19.2 Å². The van der Waals surface area contributed by atoms with E-state index in [1.807, 2.05) is 0 Å². The lowest BCUT2D eigenvalue weighted by Gasteiger charge is -2.19. The molecule has 0 amide bonds. The highest BCUT2D eigenvalue weighted by Gasteiger charge is 2.23. The Hall–Kier alpha value is -2.22. The Labute approximate surface area is 115 Å². The highest BCUT2D eigenvalue weighted by Crippen LogP contribution is 2.30. The number of anilines is 1. The van der Waals surface area contributed by atoms with Gasteiger partial charge in [-0.2, -0.15) is 0 Å². The first-order valence-electron chi connectivity index (χ1n) is 5.95. The van der Waals surface area contributed by atoms with Crippen molar-refractivity contribution in [1.82, 2.24) is 5.32 Å². The maximum atomic E-state index is 13.7. The Morgan fingerprint density at radius 3 is 2.70 bits per heavy atom. The molecule has 0 radical (unpaired) electrons. The largest absolute Gasteiger partial charge is 0.478 e. The van der Waals surface area contributed by atoms with E-state index in [-0.39, 0.29) is 5.69 Å². The number of hydrogen-bond acceptors (Lipinski definition) is 5. The fraction of sp³-hybridized carbons (Fsp3) is 0.417. The fourth-order valence-electron chi connectivity index (χ4n) is 1.78. The zero-order chi connectivity index (χ0) is 15.3. The Morgan fingerprint density at radius 2 is 2.20 bits per heavy atom. The third kappa shape index (κ3) is 3.64. The van der Waals surface area contributed by atoms with Crippen LogP contribution in [0, 0.1) is 15.9 Å². The molecule has 110 valence electrons. The average molecular weight is 285 g/mol. The minimum atomic E-state index is -1.53. The average Bonchev–Trinajstić information content (AvgIpc) is 2.37. The van der Waals surface area contributed by atoms with Gasteiger partial charge >= 0.3 is 5.97 Å². The van der Waals surface area contributed by atoms with Crippen LogP contribution in [0.5, 0.6) is 0 Å². The molecule has 0 aliphatic heterocycles. The van der Waals surface area contributed by atoms with Crippen LogP contribution in [0.2, 0.25) is 0 Å². The van der Waals surface area contributed by atoms with Gasteiger partial charge in [0.1, 0.15) is 17.1 Å². The Morgan fingerprint density at radius 1 is 1.55 bits per heavy atom. The third-order valence-electron chi connectivity index (χ3n) is 2.82. The number of hydrogen-bond donors (Lipinski definition) is 2. The molecule has 0 bridgehead atoms. The second-order valence-corrected chi connectivity index (χ2v) is 4.26. The molecule has 0 aliphatic carbocycles. The minimum absolute atomic E-state index is 0.0635. The normalized spacial score (nSPS) is 10.3. The molecule has 0 heterocycles. The fourth-order valence-corrected chi connectivity index (χ4v) is 1.78. The van der Waals surface area contributed by atoms with Crippen LogP contribution >= 0.6 is 0 Å². The standard InChI is InChI=1S/C12H16FN3O4/c1-14-4-3-5-15(2)10-7-9(13)8(12(17)18)6-11(10)16(19)20/h6-7,14H,3-5H2,1-2H3,(H,17,18). The molecule has 2 N–H and O–H groups in total. The Kier molecular flexibility index (Phi) is 5.39. The summed E-state index contributed by atoms with van der Waals surface area (Å²) in [5, 5.41) is 22.7. The van der Waals surface area contributed by atoms with Crippen LogP contribution in [0.3, 0.4) is 0 Å². The summed E-state index contributed by atoms with van der Waals surface area (Å²) in [6.07, 6.45) is 0.715. The molecule has 1 aromatic carbocycles. The topological polar surface area (TPSA) is 95.7 Å². The predicted octanol–water partition coefficient (Wildman–Crippen LogP) is 1.48. The maximum Gasteiger partial charge on any atom is 0.338 e. The number of nitro groups is 1. The monoisotopic (exact) mass is 285 g/mol. The highest BCUT2D eigenvalue weighted by molar-refractivity contribution is 5.90. The van der Waals surface area contributed by atoms with E-state index in [1.54, 1.807) is 14.1 Å². The molecular weight excluding hydrogens is 269 g/mol. The quantitative estimate of drug-likeness (QED) is 0.447. The van der Waals surface area contributed by atoms with Crippen LogP contribution in [-0.2, 0) is 0 Å². The van der Waals surface area contributed by atoms with Gasteiger partial charge in [-0.05, 0) is 20.0 Å². The summed E-state index contributed by atoms with van der Waals surface area (Å²) in [7, 11) is 3.38. The van der Waals surface area contributed by atoms with Gasteiger partial charge in [0.2, 0.25) is 0 Å². The molecule has 8 heteroatoms. The van der Waals surface area contributed by atoms with E-state index in [2.05, 4.69) is 5.32 Å². The van der Waals surface area contributed by atoms with E-state index >= 15 is 0 Å². The van der Waals surface area contributed by atoms with Crippen LogP contribution < -0.4 is 10.2 Å². The predicted molar refractivity (Wildman–Crippen MR) is 71.8 cm³/mol. The number of nitrogens with one attached hydrogen (secondary N) is 1. The van der Waals surface area contributed by atoms with Crippen molar-refractivity contribution in [3.05, 3.63) is 33.6 Å². The number of carboxylic acids is 1. The van der Waals surface area contributed by atoms with E-state index in [1.165, 1.54) is 4.90 Å². The highest BCUT2D eigenvalue weighted by atomic mass is 19.1. The number of rotatable bonds is 7. The zero-order valence-electron chi connectivity index (χ0n) is 11.2. The number of nitro benzene ring substituents is 1. The number of halogens is 1. The summed E-state index contributed by atoms with van der Waals surface area (Å²) >= 11 is 0. The van der Waals surface area contributed by atoms with Crippen LogP contribution in [-0.4, -0.2) is 43.2 Å². The number of carbonyl (C=O) groups is 1. The van der Waals surface area contributed by atoms with Gasteiger partial charge in [-0.15, -0.1) is 0 Å². The van der Waals surface area contributed by atoms with Crippen molar-refractivity contribution in [2.75, 3.05) is 32.1 Å². The Bertz CT molecular complexity index is 522. The first-order chi connectivity index (χ1) is 9.38. The molecule has 0 aromatic heterocycles. The molecule has 0 unspecified atom stereocenters. The molecule has 20 heavy (non-hydrogen) atoms. The van der Waals surface area contributed by atoms with E-state index in [4.69, 9.17) is 5.11 Å². The molecule has 7 nitrogen and oxygen atoms in total. The van der Waals surface area contributed by atoms with Crippen LogP contribution in [0.15, 0.2) is 12.1 Å². The molecule has 0 saturated heterocycles.